The van der Waals surface area contributed by atoms with E-state index in [9.17, 15) is 9.18 Å². The molecule has 1 aromatic rings. The first-order valence-electron chi connectivity index (χ1n) is 8.98. The highest BCUT2D eigenvalue weighted by atomic mass is 19.1. The minimum Gasteiger partial charge on any atom is -0.272 e. The molecular formula is C19H23FN2O. The Kier molecular flexibility index (Phi) is 3.06. The average molecular weight is 314 g/mol. The molecule has 0 aromatic heterocycles. The third kappa shape index (κ3) is 2.22. The molecule has 5 fully saturated rings. The topological polar surface area (TPSA) is 23.6 Å². The molecule has 4 bridgehead atoms. The van der Waals surface area contributed by atoms with Crippen LogP contribution in [0.5, 0.6) is 0 Å². The molecule has 0 N–H and O–H groups in total. The zero-order valence-corrected chi connectivity index (χ0v) is 13.3. The van der Waals surface area contributed by atoms with Crippen molar-refractivity contribution in [3.63, 3.8) is 0 Å². The van der Waals surface area contributed by atoms with E-state index in [2.05, 4.69) is 10.0 Å². The number of rotatable bonds is 3. The number of hydrogen-bond donors (Lipinski definition) is 0. The number of halogens is 1. The highest BCUT2D eigenvalue weighted by molar-refractivity contribution is 5.82. The Hall–Kier alpha value is -1.42. The van der Waals surface area contributed by atoms with Crippen molar-refractivity contribution in [2.45, 2.75) is 44.7 Å². The fourth-order valence-electron chi connectivity index (χ4n) is 5.97. The summed E-state index contributed by atoms with van der Waals surface area (Å²) < 4.78 is 13.1. The number of carbonyl (C=O) groups excluding carboxylic acids is 1. The van der Waals surface area contributed by atoms with Crippen LogP contribution < -0.4 is 0 Å². The Bertz CT molecular complexity index is 601. The Morgan fingerprint density at radius 3 is 2.13 bits per heavy atom. The molecule has 5 aliphatic rings. The number of hydrogen-bond acceptors (Lipinski definition) is 2. The van der Waals surface area contributed by atoms with Gasteiger partial charge in [-0.2, -0.15) is 0 Å². The fourth-order valence-corrected chi connectivity index (χ4v) is 5.97. The molecule has 0 atom stereocenters. The van der Waals surface area contributed by atoms with Crippen LogP contribution in [0.4, 0.5) is 4.39 Å². The molecule has 1 amide bonds. The van der Waals surface area contributed by atoms with E-state index in [1.807, 2.05) is 12.1 Å². The second-order valence-electron chi connectivity index (χ2n) is 8.11. The molecule has 1 heterocycles. The van der Waals surface area contributed by atoms with Crippen LogP contribution in [0.2, 0.25) is 0 Å². The maximum Gasteiger partial charge on any atom is 0.253 e. The highest BCUT2D eigenvalue weighted by Gasteiger charge is 2.54. The van der Waals surface area contributed by atoms with Crippen molar-refractivity contribution in [2.24, 2.45) is 23.7 Å². The molecule has 122 valence electrons. The van der Waals surface area contributed by atoms with Crippen LogP contribution in [-0.2, 0) is 11.3 Å². The predicted molar refractivity (Wildman–Crippen MR) is 84.5 cm³/mol. The van der Waals surface area contributed by atoms with Crippen LogP contribution in [0.15, 0.2) is 24.3 Å². The van der Waals surface area contributed by atoms with E-state index in [-0.39, 0.29) is 11.7 Å². The quantitative estimate of drug-likeness (QED) is 0.855. The number of carbonyl (C=O) groups is 1. The van der Waals surface area contributed by atoms with Crippen molar-refractivity contribution in [3.05, 3.63) is 35.6 Å². The summed E-state index contributed by atoms with van der Waals surface area (Å²) in [6.07, 6.45) is 6.74. The van der Waals surface area contributed by atoms with Crippen LogP contribution in [0.3, 0.4) is 0 Å². The van der Waals surface area contributed by atoms with Crippen molar-refractivity contribution < 1.29 is 9.18 Å². The van der Waals surface area contributed by atoms with E-state index in [1.165, 1.54) is 44.2 Å². The molecule has 6 rings (SSSR count). The molecule has 4 heteroatoms. The molecule has 0 radical (unpaired) electrons. The largest absolute Gasteiger partial charge is 0.272 e. The lowest BCUT2D eigenvalue weighted by atomic mass is 9.54. The lowest BCUT2D eigenvalue weighted by molar-refractivity contribution is -0.213. The van der Waals surface area contributed by atoms with Crippen LogP contribution in [-0.4, -0.2) is 28.5 Å². The van der Waals surface area contributed by atoms with E-state index >= 15 is 0 Å². The predicted octanol–water partition coefficient (Wildman–Crippen LogP) is 3.21. The normalized spacial score (nSPS) is 38.9. The summed E-state index contributed by atoms with van der Waals surface area (Å²) in [5.74, 6) is 3.36. The van der Waals surface area contributed by atoms with Gasteiger partial charge in [0.15, 0.2) is 0 Å². The Labute approximate surface area is 136 Å². The average Bonchev–Trinajstić information content (AvgIpc) is 2.51. The second-order valence-corrected chi connectivity index (χ2v) is 8.11. The number of hydrazine groups is 1. The van der Waals surface area contributed by atoms with E-state index in [0.717, 1.165) is 23.9 Å². The monoisotopic (exact) mass is 314 g/mol. The molecule has 3 nitrogen and oxygen atoms in total. The molecule has 23 heavy (non-hydrogen) atoms. The van der Waals surface area contributed by atoms with Gasteiger partial charge in [-0.25, -0.2) is 9.40 Å². The van der Waals surface area contributed by atoms with E-state index < -0.39 is 0 Å². The van der Waals surface area contributed by atoms with E-state index in [0.29, 0.717) is 24.4 Å². The molecule has 1 aliphatic heterocycles. The standard InChI is InChI=1S/C19H23FN2O/c20-17-3-1-12(2-4-17)10-21-11-18(23)22(21)19-15-6-13-5-14(8-15)9-16(19)7-13/h1-4,13-16,19H,5-11H2. The van der Waals surface area contributed by atoms with Gasteiger partial charge in [-0.3, -0.25) is 9.80 Å². The van der Waals surface area contributed by atoms with Gasteiger partial charge in [0.05, 0.1) is 12.6 Å². The first-order chi connectivity index (χ1) is 11.2. The van der Waals surface area contributed by atoms with Gasteiger partial charge in [0.25, 0.3) is 5.91 Å². The van der Waals surface area contributed by atoms with Crippen LogP contribution in [0.1, 0.15) is 37.7 Å². The third-order valence-electron chi connectivity index (χ3n) is 6.62. The third-order valence-corrected chi connectivity index (χ3v) is 6.62. The lowest BCUT2D eigenvalue weighted by Gasteiger charge is -2.61. The molecule has 1 aromatic carbocycles. The highest BCUT2D eigenvalue weighted by Crippen LogP contribution is 2.55. The Morgan fingerprint density at radius 2 is 1.57 bits per heavy atom. The molecule has 1 saturated heterocycles. The zero-order chi connectivity index (χ0) is 15.6. The van der Waals surface area contributed by atoms with Gasteiger partial charge in [-0.05, 0) is 73.5 Å². The maximum atomic E-state index is 13.1. The molecular weight excluding hydrogens is 291 g/mol. The van der Waals surface area contributed by atoms with Crippen LogP contribution in [0, 0.1) is 29.5 Å². The van der Waals surface area contributed by atoms with Gasteiger partial charge in [-0.1, -0.05) is 12.1 Å². The fraction of sp³-hybridized carbons (Fsp3) is 0.632. The summed E-state index contributed by atoms with van der Waals surface area (Å²) in [7, 11) is 0. The molecule has 0 unspecified atom stereocenters. The molecule has 4 saturated carbocycles. The second kappa shape index (κ2) is 5.04. The molecule has 4 aliphatic carbocycles. The summed E-state index contributed by atoms with van der Waals surface area (Å²) in [5, 5.41) is 4.26. The first-order valence-corrected chi connectivity index (χ1v) is 8.98. The van der Waals surface area contributed by atoms with Gasteiger partial charge in [0.1, 0.15) is 5.82 Å². The summed E-state index contributed by atoms with van der Waals surface area (Å²) >= 11 is 0. The van der Waals surface area contributed by atoms with Crippen molar-refractivity contribution in [2.75, 3.05) is 6.54 Å². The number of benzene rings is 1. The Balaban J connectivity index is 1.35. The first kappa shape index (κ1) is 14.0. The van der Waals surface area contributed by atoms with Gasteiger partial charge in [0.2, 0.25) is 0 Å². The van der Waals surface area contributed by atoms with Crippen molar-refractivity contribution in [1.29, 1.82) is 0 Å². The van der Waals surface area contributed by atoms with Gasteiger partial charge >= 0.3 is 0 Å². The van der Waals surface area contributed by atoms with Crippen LogP contribution >= 0.6 is 0 Å². The van der Waals surface area contributed by atoms with Crippen molar-refractivity contribution >= 4 is 5.91 Å². The molecule has 0 spiro atoms. The smallest absolute Gasteiger partial charge is 0.253 e. The van der Waals surface area contributed by atoms with Gasteiger partial charge in [0, 0.05) is 6.54 Å². The zero-order valence-electron chi connectivity index (χ0n) is 13.3. The lowest BCUT2D eigenvalue weighted by Crippen LogP contribution is -2.70. The van der Waals surface area contributed by atoms with E-state index in [4.69, 9.17) is 0 Å². The van der Waals surface area contributed by atoms with Gasteiger partial charge < -0.3 is 0 Å². The van der Waals surface area contributed by atoms with Crippen LogP contribution in [0.25, 0.3) is 0 Å². The number of nitrogens with zero attached hydrogens (tertiary/aromatic N) is 2. The summed E-state index contributed by atoms with van der Waals surface area (Å²) in [6.45, 7) is 1.23. The maximum absolute atomic E-state index is 13.1. The van der Waals surface area contributed by atoms with Crippen molar-refractivity contribution in [3.8, 4) is 0 Å². The summed E-state index contributed by atoms with van der Waals surface area (Å²) in [4.78, 5) is 12.3. The minimum atomic E-state index is -0.202. The SMILES string of the molecule is O=C1CN(Cc2ccc(F)cc2)N1C1C2CC3CC(C2)CC1C3. The Morgan fingerprint density at radius 1 is 0.957 bits per heavy atom. The van der Waals surface area contributed by atoms with E-state index in [1.54, 1.807) is 0 Å². The number of amides is 1. The minimum absolute atomic E-state index is 0.202. The summed E-state index contributed by atoms with van der Waals surface area (Å²) in [6, 6.07) is 7.10. The summed E-state index contributed by atoms with van der Waals surface area (Å²) in [5.41, 5.74) is 1.08. The van der Waals surface area contributed by atoms with Crippen molar-refractivity contribution in [1.82, 2.24) is 10.0 Å². The van der Waals surface area contributed by atoms with Gasteiger partial charge in [-0.15, -0.1) is 0 Å².